The summed E-state index contributed by atoms with van der Waals surface area (Å²) in [6.07, 6.45) is 3.47. The molecular formula is C13H17N3O3S. The molecule has 1 aromatic carbocycles. The molecule has 0 heterocycles. The van der Waals surface area contributed by atoms with Crippen LogP contribution < -0.4 is 10.7 Å². The highest BCUT2D eigenvalue weighted by atomic mass is 32.2. The topological polar surface area (TPSA) is 79.8 Å². The molecule has 0 aliphatic heterocycles. The van der Waals surface area contributed by atoms with Gasteiger partial charge in [0.2, 0.25) is 0 Å². The van der Waals surface area contributed by atoms with Gasteiger partial charge in [-0.3, -0.25) is 9.59 Å². The summed E-state index contributed by atoms with van der Waals surface area (Å²) in [7, 11) is 1.51. The van der Waals surface area contributed by atoms with Gasteiger partial charge in [-0.25, -0.2) is 5.43 Å². The van der Waals surface area contributed by atoms with Crippen molar-refractivity contribution < 1.29 is 14.3 Å². The molecule has 0 aromatic heterocycles. The third-order valence-corrected chi connectivity index (χ3v) is 3.04. The van der Waals surface area contributed by atoms with Gasteiger partial charge in [-0.2, -0.15) is 5.10 Å². The van der Waals surface area contributed by atoms with Gasteiger partial charge in [0.25, 0.3) is 0 Å². The monoisotopic (exact) mass is 295 g/mol. The minimum Gasteiger partial charge on any atom is -0.383 e. The second-order valence-corrected chi connectivity index (χ2v) is 4.60. The molecule has 0 aliphatic rings. The van der Waals surface area contributed by atoms with Crippen molar-refractivity contribution in [1.82, 2.24) is 10.7 Å². The SMILES string of the molecule is COCCNC(=O)C(=O)N/N=C/c1ccc(SC)cc1. The van der Waals surface area contributed by atoms with Crippen LogP contribution in [-0.2, 0) is 14.3 Å². The first-order valence-corrected chi connectivity index (χ1v) is 7.14. The fraction of sp³-hybridized carbons (Fsp3) is 0.308. The van der Waals surface area contributed by atoms with Crippen LogP contribution in [0.5, 0.6) is 0 Å². The number of hydrazone groups is 1. The number of amides is 2. The number of thioether (sulfide) groups is 1. The van der Waals surface area contributed by atoms with Gasteiger partial charge in [-0.1, -0.05) is 12.1 Å². The number of hydrogen-bond acceptors (Lipinski definition) is 5. The first-order valence-electron chi connectivity index (χ1n) is 5.91. The Morgan fingerprint density at radius 2 is 2.00 bits per heavy atom. The first kappa shape index (κ1) is 16.2. The third kappa shape index (κ3) is 5.85. The molecule has 0 fully saturated rings. The van der Waals surface area contributed by atoms with Gasteiger partial charge in [0.1, 0.15) is 0 Å². The normalized spacial score (nSPS) is 10.5. The molecule has 0 unspecified atom stereocenters. The molecule has 108 valence electrons. The predicted molar refractivity (Wildman–Crippen MR) is 78.8 cm³/mol. The van der Waals surface area contributed by atoms with E-state index in [1.165, 1.54) is 13.3 Å². The van der Waals surface area contributed by atoms with E-state index in [9.17, 15) is 9.59 Å². The second kappa shape index (κ2) is 9.11. The van der Waals surface area contributed by atoms with Gasteiger partial charge < -0.3 is 10.1 Å². The summed E-state index contributed by atoms with van der Waals surface area (Å²) in [5.74, 6) is -1.55. The minimum atomic E-state index is -0.807. The van der Waals surface area contributed by atoms with E-state index in [4.69, 9.17) is 4.74 Å². The Kier molecular flexibility index (Phi) is 7.38. The van der Waals surface area contributed by atoms with E-state index in [0.29, 0.717) is 6.61 Å². The molecule has 1 aromatic rings. The van der Waals surface area contributed by atoms with Crippen molar-refractivity contribution in [2.24, 2.45) is 5.10 Å². The summed E-state index contributed by atoms with van der Waals surface area (Å²) in [5.41, 5.74) is 2.99. The lowest BCUT2D eigenvalue weighted by atomic mass is 10.2. The summed E-state index contributed by atoms with van der Waals surface area (Å²) in [4.78, 5) is 23.8. The maximum atomic E-state index is 11.3. The Morgan fingerprint density at radius 1 is 1.30 bits per heavy atom. The molecule has 6 nitrogen and oxygen atoms in total. The highest BCUT2D eigenvalue weighted by molar-refractivity contribution is 7.98. The van der Waals surface area contributed by atoms with Crippen LogP contribution in [0.3, 0.4) is 0 Å². The predicted octanol–water partition coefficient (Wildman–Crippen LogP) is 0.621. The number of carbonyl (C=O) groups is 2. The van der Waals surface area contributed by atoms with E-state index >= 15 is 0 Å². The number of methoxy groups -OCH3 is 1. The van der Waals surface area contributed by atoms with E-state index in [-0.39, 0.29) is 6.54 Å². The Balaban J connectivity index is 2.39. The van der Waals surface area contributed by atoms with Crippen LogP contribution in [0, 0.1) is 0 Å². The molecule has 20 heavy (non-hydrogen) atoms. The maximum absolute atomic E-state index is 11.3. The molecule has 1 rings (SSSR count). The summed E-state index contributed by atoms with van der Waals surface area (Å²) < 4.78 is 4.75. The van der Waals surface area contributed by atoms with Crippen LogP contribution in [0.15, 0.2) is 34.3 Å². The maximum Gasteiger partial charge on any atom is 0.329 e. The van der Waals surface area contributed by atoms with E-state index in [1.807, 2.05) is 30.5 Å². The van der Waals surface area contributed by atoms with Crippen molar-refractivity contribution in [3.05, 3.63) is 29.8 Å². The zero-order valence-corrected chi connectivity index (χ0v) is 12.2. The number of rotatable bonds is 6. The standard InChI is InChI=1S/C13H17N3O3S/c1-19-8-7-14-12(17)13(18)16-15-9-10-3-5-11(20-2)6-4-10/h3-6,9H,7-8H2,1-2H3,(H,14,17)(H,16,18)/b15-9+. The Bertz CT molecular complexity index is 474. The summed E-state index contributed by atoms with van der Waals surface area (Å²) in [6.45, 7) is 0.632. The molecule has 0 saturated carbocycles. The van der Waals surface area contributed by atoms with Crippen molar-refractivity contribution in [1.29, 1.82) is 0 Å². The molecule has 0 saturated heterocycles. The summed E-state index contributed by atoms with van der Waals surface area (Å²) in [5, 5.41) is 6.12. The van der Waals surface area contributed by atoms with Crippen LogP contribution in [0.25, 0.3) is 0 Å². The first-order chi connectivity index (χ1) is 9.67. The van der Waals surface area contributed by atoms with Crippen molar-refractivity contribution in [3.63, 3.8) is 0 Å². The van der Waals surface area contributed by atoms with Crippen LogP contribution in [0.2, 0.25) is 0 Å². The lowest BCUT2D eigenvalue weighted by Gasteiger charge is -2.02. The van der Waals surface area contributed by atoms with Crippen LogP contribution in [-0.4, -0.2) is 44.5 Å². The minimum absolute atomic E-state index is 0.280. The molecule has 2 N–H and O–H groups in total. The number of ether oxygens (including phenoxy) is 1. The van der Waals surface area contributed by atoms with E-state index in [0.717, 1.165) is 10.5 Å². The van der Waals surface area contributed by atoms with Crippen LogP contribution >= 0.6 is 11.8 Å². The molecule has 0 aliphatic carbocycles. The lowest BCUT2D eigenvalue weighted by Crippen LogP contribution is -2.39. The zero-order valence-electron chi connectivity index (χ0n) is 11.4. The molecule has 0 bridgehead atoms. The van der Waals surface area contributed by atoms with Crippen LogP contribution in [0.1, 0.15) is 5.56 Å². The molecule has 0 spiro atoms. The summed E-state index contributed by atoms with van der Waals surface area (Å²) >= 11 is 1.64. The van der Waals surface area contributed by atoms with Gasteiger partial charge in [0, 0.05) is 18.6 Å². The largest absolute Gasteiger partial charge is 0.383 e. The fourth-order valence-electron chi connectivity index (χ4n) is 1.25. The average Bonchev–Trinajstić information content (AvgIpc) is 2.48. The summed E-state index contributed by atoms with van der Waals surface area (Å²) in [6, 6.07) is 7.65. The number of carbonyl (C=O) groups excluding carboxylic acids is 2. The molecular weight excluding hydrogens is 278 g/mol. The molecule has 0 radical (unpaired) electrons. The number of hydrogen-bond donors (Lipinski definition) is 2. The van der Waals surface area contributed by atoms with Crippen molar-refractivity contribution in [3.8, 4) is 0 Å². The Morgan fingerprint density at radius 3 is 2.60 bits per heavy atom. The van der Waals surface area contributed by atoms with Gasteiger partial charge >= 0.3 is 11.8 Å². The highest BCUT2D eigenvalue weighted by Crippen LogP contribution is 2.13. The number of benzene rings is 1. The fourth-order valence-corrected chi connectivity index (χ4v) is 1.66. The van der Waals surface area contributed by atoms with Crippen molar-refractivity contribution in [2.75, 3.05) is 26.5 Å². The number of nitrogens with zero attached hydrogens (tertiary/aromatic N) is 1. The van der Waals surface area contributed by atoms with Crippen LogP contribution in [0.4, 0.5) is 0 Å². The van der Waals surface area contributed by atoms with E-state index in [1.54, 1.807) is 11.8 Å². The quantitative estimate of drug-likeness (QED) is 0.265. The van der Waals surface area contributed by atoms with Gasteiger partial charge in [0.15, 0.2) is 0 Å². The smallest absolute Gasteiger partial charge is 0.329 e. The molecule has 0 atom stereocenters. The third-order valence-electron chi connectivity index (χ3n) is 2.29. The molecule has 2 amide bonds. The van der Waals surface area contributed by atoms with Gasteiger partial charge in [0.05, 0.1) is 12.8 Å². The van der Waals surface area contributed by atoms with E-state index < -0.39 is 11.8 Å². The average molecular weight is 295 g/mol. The second-order valence-electron chi connectivity index (χ2n) is 3.72. The Hall–Kier alpha value is -1.86. The highest BCUT2D eigenvalue weighted by Gasteiger charge is 2.10. The lowest BCUT2D eigenvalue weighted by molar-refractivity contribution is -0.139. The Labute approximate surface area is 122 Å². The van der Waals surface area contributed by atoms with Crippen molar-refractivity contribution in [2.45, 2.75) is 4.90 Å². The zero-order chi connectivity index (χ0) is 14.8. The van der Waals surface area contributed by atoms with Crippen molar-refractivity contribution >= 4 is 29.8 Å². The number of nitrogens with one attached hydrogen (secondary N) is 2. The van der Waals surface area contributed by atoms with E-state index in [2.05, 4.69) is 15.8 Å². The molecule has 7 heteroatoms. The van der Waals surface area contributed by atoms with Gasteiger partial charge in [-0.05, 0) is 24.0 Å². The van der Waals surface area contributed by atoms with Gasteiger partial charge in [-0.15, -0.1) is 11.8 Å².